The van der Waals surface area contributed by atoms with Gasteiger partial charge in [0.05, 0.1) is 0 Å². The van der Waals surface area contributed by atoms with Gasteiger partial charge in [0.15, 0.2) is 0 Å². The number of carbonyl (C=O) groups excluding carboxylic acids is 2. The average molecular weight is 258 g/mol. The first-order valence-corrected chi connectivity index (χ1v) is 6.49. The lowest BCUT2D eigenvalue weighted by molar-refractivity contribution is -0.116. The molecule has 1 heterocycles. The number of carbonyl (C=O) groups is 2. The van der Waals surface area contributed by atoms with Crippen molar-refractivity contribution < 1.29 is 9.59 Å². The van der Waals surface area contributed by atoms with Crippen LogP contribution in [-0.4, -0.2) is 29.8 Å². The smallest absolute Gasteiger partial charge is 0.253 e. The Morgan fingerprint density at radius 2 is 1.84 bits per heavy atom. The lowest BCUT2D eigenvalue weighted by Crippen LogP contribution is -2.27. The molecule has 0 bridgehead atoms. The zero-order valence-corrected chi connectivity index (χ0v) is 10.9. The minimum absolute atomic E-state index is 0.0965. The molecule has 19 heavy (non-hydrogen) atoms. The summed E-state index contributed by atoms with van der Waals surface area (Å²) in [5.41, 5.74) is 1.67. The zero-order chi connectivity index (χ0) is 13.7. The van der Waals surface area contributed by atoms with Crippen LogP contribution in [0.25, 0.3) is 0 Å². The largest absolute Gasteiger partial charge is 0.348 e. The van der Waals surface area contributed by atoms with Gasteiger partial charge >= 0.3 is 0 Å². The molecule has 0 saturated carbocycles. The van der Waals surface area contributed by atoms with Crippen LogP contribution < -0.4 is 5.32 Å². The van der Waals surface area contributed by atoms with Crippen molar-refractivity contribution in [3.63, 3.8) is 0 Å². The molecule has 0 spiro atoms. The third-order valence-electron chi connectivity index (χ3n) is 3.25. The quantitative estimate of drug-likeness (QED) is 0.836. The monoisotopic (exact) mass is 258 g/mol. The Balaban J connectivity index is 1.95. The lowest BCUT2D eigenvalue weighted by Gasteiger charge is -2.15. The van der Waals surface area contributed by atoms with Crippen LogP contribution in [-0.2, 0) is 11.3 Å². The van der Waals surface area contributed by atoms with Gasteiger partial charge in [-0.25, -0.2) is 0 Å². The summed E-state index contributed by atoms with van der Waals surface area (Å²) in [5.74, 6) is -0.101. The molecule has 4 nitrogen and oxygen atoms in total. The summed E-state index contributed by atoms with van der Waals surface area (Å²) in [5, 5.41) is 2.70. The minimum Gasteiger partial charge on any atom is -0.348 e. The van der Waals surface area contributed by atoms with Gasteiger partial charge in [-0.15, -0.1) is 0 Å². The number of rotatable bonds is 4. The van der Waals surface area contributed by atoms with Gasteiger partial charge in [-0.1, -0.05) is 18.7 Å². The van der Waals surface area contributed by atoms with E-state index in [-0.39, 0.29) is 11.8 Å². The van der Waals surface area contributed by atoms with E-state index in [1.54, 1.807) is 0 Å². The second-order valence-corrected chi connectivity index (χ2v) is 4.62. The maximum absolute atomic E-state index is 12.1. The highest BCUT2D eigenvalue weighted by Crippen LogP contribution is 2.13. The Morgan fingerprint density at radius 3 is 2.42 bits per heavy atom. The first-order chi connectivity index (χ1) is 9.20. The van der Waals surface area contributed by atoms with Gasteiger partial charge < -0.3 is 10.2 Å². The molecule has 1 aromatic carbocycles. The van der Waals surface area contributed by atoms with Crippen molar-refractivity contribution in [2.45, 2.75) is 19.4 Å². The van der Waals surface area contributed by atoms with Crippen molar-refractivity contribution in [1.29, 1.82) is 0 Å². The number of nitrogens with zero attached hydrogens (tertiary/aromatic N) is 1. The molecule has 4 heteroatoms. The number of amides is 2. The van der Waals surface area contributed by atoms with Gasteiger partial charge in [-0.05, 0) is 36.6 Å². The summed E-state index contributed by atoms with van der Waals surface area (Å²) in [4.78, 5) is 25.0. The van der Waals surface area contributed by atoms with Crippen molar-refractivity contribution in [3.8, 4) is 0 Å². The van der Waals surface area contributed by atoms with Crippen LogP contribution in [0.1, 0.15) is 28.8 Å². The number of nitrogens with one attached hydrogen (secondary N) is 1. The molecule has 0 aromatic heterocycles. The van der Waals surface area contributed by atoms with Crippen LogP contribution in [0, 0.1) is 0 Å². The van der Waals surface area contributed by atoms with E-state index in [0.717, 1.165) is 31.5 Å². The Morgan fingerprint density at radius 1 is 1.21 bits per heavy atom. The predicted octanol–water partition coefficient (Wildman–Crippen LogP) is 1.72. The molecule has 0 aliphatic carbocycles. The van der Waals surface area contributed by atoms with E-state index in [0.29, 0.717) is 12.1 Å². The van der Waals surface area contributed by atoms with Crippen molar-refractivity contribution >= 4 is 11.8 Å². The van der Waals surface area contributed by atoms with Gasteiger partial charge in [0.2, 0.25) is 5.91 Å². The van der Waals surface area contributed by atoms with Gasteiger partial charge in [0.1, 0.15) is 0 Å². The molecule has 0 unspecified atom stereocenters. The standard InChI is InChI=1S/C15H18N2O2/c1-2-14(18)16-11-12-5-7-13(8-6-12)15(19)17-9-3-4-10-17/h2,5-8H,1,3-4,9-11H2,(H,16,18). The molecule has 0 radical (unpaired) electrons. The Hall–Kier alpha value is -2.10. The summed E-state index contributed by atoms with van der Waals surface area (Å²) >= 11 is 0. The molecule has 2 rings (SSSR count). The molecule has 100 valence electrons. The maximum atomic E-state index is 12.1. The highest BCUT2D eigenvalue weighted by atomic mass is 16.2. The third-order valence-corrected chi connectivity index (χ3v) is 3.25. The third kappa shape index (κ3) is 3.44. The Kier molecular flexibility index (Phi) is 4.34. The molecule has 1 aliphatic rings. The van der Waals surface area contributed by atoms with Crippen LogP contribution in [0.2, 0.25) is 0 Å². The van der Waals surface area contributed by atoms with Gasteiger partial charge in [-0.3, -0.25) is 9.59 Å². The highest BCUT2D eigenvalue weighted by Gasteiger charge is 2.18. The summed E-state index contributed by atoms with van der Waals surface area (Å²) < 4.78 is 0. The van der Waals surface area contributed by atoms with Crippen LogP contribution in [0.3, 0.4) is 0 Å². The number of benzene rings is 1. The van der Waals surface area contributed by atoms with Crippen molar-refractivity contribution in [2.75, 3.05) is 13.1 Å². The van der Waals surface area contributed by atoms with Crippen LogP contribution in [0.15, 0.2) is 36.9 Å². The number of likely N-dealkylation sites (tertiary alicyclic amines) is 1. The second kappa shape index (κ2) is 6.18. The molecular weight excluding hydrogens is 240 g/mol. The van der Waals surface area contributed by atoms with Crippen LogP contribution in [0.4, 0.5) is 0 Å². The van der Waals surface area contributed by atoms with E-state index in [1.807, 2.05) is 29.2 Å². The van der Waals surface area contributed by atoms with E-state index < -0.39 is 0 Å². The van der Waals surface area contributed by atoms with Crippen LogP contribution in [0.5, 0.6) is 0 Å². The SMILES string of the molecule is C=CC(=O)NCc1ccc(C(=O)N2CCCC2)cc1. The van der Waals surface area contributed by atoms with Gasteiger partial charge in [0.25, 0.3) is 5.91 Å². The molecule has 1 aromatic rings. The molecule has 2 amide bonds. The van der Waals surface area contributed by atoms with Gasteiger partial charge in [-0.2, -0.15) is 0 Å². The first kappa shape index (κ1) is 13.3. The Labute approximate surface area is 113 Å². The van der Waals surface area contributed by atoms with Crippen molar-refractivity contribution in [3.05, 3.63) is 48.0 Å². The van der Waals surface area contributed by atoms with E-state index in [2.05, 4.69) is 11.9 Å². The molecule has 1 N–H and O–H groups in total. The normalized spacial score (nSPS) is 14.2. The number of hydrogen-bond donors (Lipinski definition) is 1. The van der Waals surface area contributed by atoms with Crippen LogP contribution >= 0.6 is 0 Å². The highest BCUT2D eigenvalue weighted by molar-refractivity contribution is 5.94. The Bertz CT molecular complexity index is 473. The molecule has 1 fully saturated rings. The van der Waals surface area contributed by atoms with E-state index in [9.17, 15) is 9.59 Å². The fourth-order valence-electron chi connectivity index (χ4n) is 2.13. The summed E-state index contributed by atoms with van der Waals surface area (Å²) in [6, 6.07) is 7.37. The molecule has 0 atom stereocenters. The fraction of sp³-hybridized carbons (Fsp3) is 0.333. The maximum Gasteiger partial charge on any atom is 0.253 e. The van der Waals surface area contributed by atoms with Gasteiger partial charge in [0, 0.05) is 25.2 Å². The first-order valence-electron chi connectivity index (χ1n) is 6.49. The predicted molar refractivity (Wildman–Crippen MR) is 73.6 cm³/mol. The zero-order valence-electron chi connectivity index (χ0n) is 10.9. The summed E-state index contributed by atoms with van der Waals surface area (Å²) in [6.07, 6.45) is 3.43. The molecular formula is C15H18N2O2. The van der Waals surface area contributed by atoms with E-state index in [1.165, 1.54) is 6.08 Å². The molecule has 1 aliphatic heterocycles. The minimum atomic E-state index is -0.197. The van der Waals surface area contributed by atoms with Crippen molar-refractivity contribution in [2.24, 2.45) is 0 Å². The second-order valence-electron chi connectivity index (χ2n) is 4.62. The molecule has 1 saturated heterocycles. The summed E-state index contributed by atoms with van der Waals surface area (Å²) in [6.45, 7) is 5.55. The van der Waals surface area contributed by atoms with Crippen molar-refractivity contribution in [1.82, 2.24) is 10.2 Å². The summed E-state index contributed by atoms with van der Waals surface area (Å²) in [7, 11) is 0. The lowest BCUT2D eigenvalue weighted by atomic mass is 10.1. The van der Waals surface area contributed by atoms with E-state index in [4.69, 9.17) is 0 Å². The topological polar surface area (TPSA) is 49.4 Å². The average Bonchev–Trinajstić information content (AvgIpc) is 2.98. The number of hydrogen-bond acceptors (Lipinski definition) is 2. The fourth-order valence-corrected chi connectivity index (χ4v) is 2.13. The van der Waals surface area contributed by atoms with E-state index >= 15 is 0 Å².